The highest BCUT2D eigenvalue weighted by Crippen LogP contribution is 2.63. The fraction of sp³-hybridized carbons (Fsp3) is 1.00. The second-order valence-electron chi connectivity index (χ2n) is 7.64. The lowest BCUT2D eigenvalue weighted by atomic mass is 9.44. The van der Waals surface area contributed by atoms with E-state index in [0.29, 0.717) is 12.3 Å². The number of aliphatic hydroxyl groups excluding tert-OH is 1. The smallest absolute Gasteiger partial charge is 0.121 e. The molecular weight excluding hydrogens is 228 g/mol. The monoisotopic (exact) mass is 256 g/mol. The maximum Gasteiger partial charge on any atom is 0.121 e. The quantitative estimate of drug-likeness (QED) is 0.673. The van der Waals surface area contributed by atoms with Gasteiger partial charge in [0, 0.05) is 5.41 Å². The van der Waals surface area contributed by atoms with Crippen molar-refractivity contribution in [3.05, 3.63) is 0 Å². The first-order chi connectivity index (χ1) is 8.11. The van der Waals surface area contributed by atoms with Crippen molar-refractivity contribution in [1.82, 2.24) is 0 Å². The maximum atomic E-state index is 11.0. The van der Waals surface area contributed by atoms with E-state index >= 15 is 0 Å². The van der Waals surface area contributed by atoms with Crippen LogP contribution in [0.5, 0.6) is 0 Å². The fourth-order valence-electron chi connectivity index (χ4n) is 4.92. The van der Waals surface area contributed by atoms with Crippen LogP contribution in [0.3, 0.4) is 0 Å². The molecule has 0 saturated heterocycles. The van der Waals surface area contributed by atoms with Crippen LogP contribution in [0.15, 0.2) is 0 Å². The molecule has 0 aromatic rings. The summed E-state index contributed by atoms with van der Waals surface area (Å²) in [5, 5.41) is 31.3. The standard InChI is InChI=1S/C15H28O3/c1-12(2)7-5-8-13(3)11(12)6-9-14(4,17)15(13,18)10-16/h11,16-18H,5-10H2,1-4H3/t11?,13-,14+,15-/m0/s1. The van der Waals surface area contributed by atoms with Crippen LogP contribution in [0.1, 0.15) is 59.8 Å². The van der Waals surface area contributed by atoms with Gasteiger partial charge in [-0.1, -0.05) is 27.2 Å². The summed E-state index contributed by atoms with van der Waals surface area (Å²) in [5.74, 6) is 0.358. The Hall–Kier alpha value is -0.120. The highest BCUT2D eigenvalue weighted by Gasteiger charge is 2.66. The number of rotatable bonds is 1. The van der Waals surface area contributed by atoms with Gasteiger partial charge in [-0.05, 0) is 43.9 Å². The Bertz CT molecular complexity index is 337. The normalized spacial score (nSPS) is 51.8. The minimum atomic E-state index is -1.39. The molecule has 18 heavy (non-hydrogen) atoms. The highest BCUT2D eigenvalue weighted by molar-refractivity contribution is 5.16. The van der Waals surface area contributed by atoms with Gasteiger partial charge in [-0.2, -0.15) is 0 Å². The van der Waals surface area contributed by atoms with Crippen molar-refractivity contribution in [3.8, 4) is 0 Å². The molecule has 0 aliphatic heterocycles. The summed E-state index contributed by atoms with van der Waals surface area (Å²) in [4.78, 5) is 0. The molecule has 3 heteroatoms. The lowest BCUT2D eigenvalue weighted by molar-refractivity contribution is -0.283. The first-order valence-electron chi connectivity index (χ1n) is 7.16. The predicted octanol–water partition coefficient (Wildman–Crippen LogP) is 2.09. The summed E-state index contributed by atoms with van der Waals surface area (Å²) in [5.41, 5.74) is -2.81. The van der Waals surface area contributed by atoms with E-state index in [4.69, 9.17) is 0 Å². The van der Waals surface area contributed by atoms with E-state index in [0.717, 1.165) is 25.7 Å². The molecule has 1 unspecified atom stereocenters. The fourth-order valence-corrected chi connectivity index (χ4v) is 4.92. The van der Waals surface area contributed by atoms with Crippen LogP contribution in [-0.2, 0) is 0 Å². The maximum absolute atomic E-state index is 11.0. The molecule has 3 nitrogen and oxygen atoms in total. The molecule has 106 valence electrons. The molecule has 4 atom stereocenters. The zero-order valence-corrected chi connectivity index (χ0v) is 12.2. The lowest BCUT2D eigenvalue weighted by Crippen LogP contribution is -2.71. The van der Waals surface area contributed by atoms with Gasteiger partial charge in [0.15, 0.2) is 0 Å². The molecule has 2 fully saturated rings. The van der Waals surface area contributed by atoms with Crippen LogP contribution < -0.4 is 0 Å². The molecule has 2 rings (SSSR count). The number of fused-ring (bicyclic) bond motifs is 1. The Morgan fingerprint density at radius 3 is 2.17 bits per heavy atom. The van der Waals surface area contributed by atoms with Gasteiger partial charge in [-0.25, -0.2) is 0 Å². The van der Waals surface area contributed by atoms with E-state index in [1.165, 1.54) is 0 Å². The van der Waals surface area contributed by atoms with Crippen LogP contribution in [0.2, 0.25) is 0 Å². The topological polar surface area (TPSA) is 60.7 Å². The van der Waals surface area contributed by atoms with Gasteiger partial charge >= 0.3 is 0 Å². The largest absolute Gasteiger partial charge is 0.393 e. The summed E-state index contributed by atoms with van der Waals surface area (Å²) in [6.45, 7) is 7.89. The van der Waals surface area contributed by atoms with Crippen LogP contribution in [0.4, 0.5) is 0 Å². The second kappa shape index (κ2) is 3.94. The summed E-state index contributed by atoms with van der Waals surface area (Å²) in [6.07, 6.45) is 4.59. The average Bonchev–Trinajstić information content (AvgIpc) is 2.24. The van der Waals surface area contributed by atoms with Gasteiger partial charge in [-0.15, -0.1) is 0 Å². The Morgan fingerprint density at radius 2 is 1.61 bits per heavy atom. The van der Waals surface area contributed by atoms with Crippen LogP contribution in [0, 0.1) is 16.7 Å². The summed E-state index contributed by atoms with van der Waals surface area (Å²) in [7, 11) is 0. The molecule has 0 radical (unpaired) electrons. The molecule has 3 N–H and O–H groups in total. The van der Waals surface area contributed by atoms with Crippen molar-refractivity contribution < 1.29 is 15.3 Å². The Labute approximate surface area is 110 Å². The minimum Gasteiger partial charge on any atom is -0.393 e. The van der Waals surface area contributed by atoms with E-state index in [1.807, 2.05) is 0 Å². The first-order valence-corrected chi connectivity index (χ1v) is 7.16. The van der Waals surface area contributed by atoms with Crippen molar-refractivity contribution in [3.63, 3.8) is 0 Å². The molecular formula is C15H28O3. The molecule has 0 heterocycles. The van der Waals surface area contributed by atoms with Gasteiger partial charge in [0.1, 0.15) is 5.60 Å². The molecule has 2 aliphatic carbocycles. The Balaban J connectivity index is 2.49. The molecule has 0 aromatic carbocycles. The van der Waals surface area contributed by atoms with Gasteiger partial charge in [-0.3, -0.25) is 0 Å². The third-order valence-electron chi connectivity index (χ3n) is 6.21. The Morgan fingerprint density at radius 1 is 1.00 bits per heavy atom. The van der Waals surface area contributed by atoms with Crippen molar-refractivity contribution in [2.75, 3.05) is 6.61 Å². The van der Waals surface area contributed by atoms with Gasteiger partial charge in [0.05, 0.1) is 12.2 Å². The van der Waals surface area contributed by atoms with E-state index in [2.05, 4.69) is 20.8 Å². The summed E-state index contributed by atoms with van der Waals surface area (Å²) < 4.78 is 0. The highest BCUT2D eigenvalue weighted by atomic mass is 16.4. The van der Waals surface area contributed by atoms with E-state index in [1.54, 1.807) is 6.92 Å². The lowest BCUT2D eigenvalue weighted by Gasteiger charge is -2.64. The number of hydrogen-bond acceptors (Lipinski definition) is 3. The molecule has 2 aliphatic rings. The minimum absolute atomic E-state index is 0.173. The second-order valence-corrected chi connectivity index (χ2v) is 7.64. The van der Waals surface area contributed by atoms with E-state index in [-0.39, 0.29) is 12.0 Å². The van der Waals surface area contributed by atoms with Crippen LogP contribution in [-0.4, -0.2) is 33.1 Å². The molecule has 0 amide bonds. The van der Waals surface area contributed by atoms with Gasteiger partial charge < -0.3 is 15.3 Å². The predicted molar refractivity (Wildman–Crippen MR) is 71.1 cm³/mol. The van der Waals surface area contributed by atoms with Gasteiger partial charge in [0.2, 0.25) is 0 Å². The van der Waals surface area contributed by atoms with E-state index < -0.39 is 16.6 Å². The number of hydrogen-bond donors (Lipinski definition) is 3. The summed E-state index contributed by atoms with van der Waals surface area (Å²) >= 11 is 0. The van der Waals surface area contributed by atoms with Crippen LogP contribution in [0.25, 0.3) is 0 Å². The van der Waals surface area contributed by atoms with Crippen molar-refractivity contribution in [2.24, 2.45) is 16.7 Å². The van der Waals surface area contributed by atoms with E-state index in [9.17, 15) is 15.3 Å². The molecule has 0 aromatic heterocycles. The van der Waals surface area contributed by atoms with Gasteiger partial charge in [0.25, 0.3) is 0 Å². The number of aliphatic hydroxyl groups is 3. The Kier molecular flexibility index (Phi) is 3.13. The zero-order chi connectivity index (χ0) is 13.8. The van der Waals surface area contributed by atoms with Crippen LogP contribution >= 0.6 is 0 Å². The molecule has 0 spiro atoms. The molecule has 0 bridgehead atoms. The molecule has 2 saturated carbocycles. The SMILES string of the molecule is CC1(C)CCC[C@@]2(C)C1CC[C@@](C)(O)[C@]2(O)CO. The first kappa shape index (κ1) is 14.3. The third kappa shape index (κ3) is 1.60. The summed E-state index contributed by atoms with van der Waals surface area (Å²) in [6, 6.07) is 0. The van der Waals surface area contributed by atoms with Crippen molar-refractivity contribution >= 4 is 0 Å². The average molecular weight is 256 g/mol. The zero-order valence-electron chi connectivity index (χ0n) is 12.2. The van der Waals surface area contributed by atoms with Crippen molar-refractivity contribution in [2.45, 2.75) is 71.0 Å². The van der Waals surface area contributed by atoms with Crippen molar-refractivity contribution in [1.29, 1.82) is 0 Å². The third-order valence-corrected chi connectivity index (χ3v) is 6.21.